The van der Waals surface area contributed by atoms with Gasteiger partial charge in [0.2, 0.25) is 5.91 Å². The number of carboxylic acid groups (broad SMARTS) is 1. The molecule has 3 N–H and O–H groups in total. The lowest BCUT2D eigenvalue weighted by molar-refractivity contribution is -0.121. The van der Waals surface area contributed by atoms with Gasteiger partial charge in [-0.15, -0.1) is 0 Å². The molecule has 0 bridgehead atoms. The Hall–Kier alpha value is -2.34. The van der Waals surface area contributed by atoms with Crippen molar-refractivity contribution in [2.45, 2.75) is 19.4 Å². The number of rotatable bonds is 4. The normalized spacial score (nSPS) is 11.6. The van der Waals surface area contributed by atoms with Crippen molar-refractivity contribution in [2.75, 3.05) is 12.4 Å². The summed E-state index contributed by atoms with van der Waals surface area (Å²) in [6.45, 7) is 3.55. The van der Waals surface area contributed by atoms with E-state index in [1.807, 2.05) is 6.07 Å². The molecule has 1 aromatic heterocycles. The molecule has 0 saturated carbocycles. The second kappa shape index (κ2) is 5.21. The first-order valence-corrected chi connectivity index (χ1v) is 6.60. The number of hydrogen-bond acceptors (Lipinski definition) is 3. The zero-order valence-corrected chi connectivity index (χ0v) is 12.5. The van der Waals surface area contributed by atoms with Crippen LogP contribution in [-0.4, -0.2) is 34.1 Å². The fourth-order valence-electron chi connectivity index (χ4n) is 2.07. The number of fused-ring (bicyclic) bond motifs is 1. The van der Waals surface area contributed by atoms with Gasteiger partial charge in [-0.2, -0.15) is 0 Å². The van der Waals surface area contributed by atoms with Crippen molar-refractivity contribution in [3.8, 4) is 0 Å². The van der Waals surface area contributed by atoms with Gasteiger partial charge in [-0.1, -0.05) is 6.07 Å². The Labute approximate surface area is 122 Å². The SMILES string of the molecule is CNC(C)(C)C(=O)Nc1cccc2c1cc(C(=O)O)n2C. The van der Waals surface area contributed by atoms with Gasteiger partial charge in [0.1, 0.15) is 5.69 Å². The smallest absolute Gasteiger partial charge is 0.352 e. The van der Waals surface area contributed by atoms with Crippen LogP contribution in [0.1, 0.15) is 24.3 Å². The first-order chi connectivity index (χ1) is 9.77. The summed E-state index contributed by atoms with van der Waals surface area (Å²) in [7, 11) is 3.40. The highest BCUT2D eigenvalue weighted by Gasteiger charge is 2.26. The van der Waals surface area contributed by atoms with Crippen LogP contribution in [-0.2, 0) is 11.8 Å². The molecule has 1 aromatic carbocycles. The molecule has 1 heterocycles. The maximum absolute atomic E-state index is 12.2. The van der Waals surface area contributed by atoms with Crippen LogP contribution >= 0.6 is 0 Å². The van der Waals surface area contributed by atoms with Crippen LogP contribution in [0.2, 0.25) is 0 Å². The lowest BCUT2D eigenvalue weighted by Gasteiger charge is -2.23. The zero-order chi connectivity index (χ0) is 15.8. The zero-order valence-electron chi connectivity index (χ0n) is 12.5. The minimum atomic E-state index is -0.999. The summed E-state index contributed by atoms with van der Waals surface area (Å²) in [5.74, 6) is -1.18. The van der Waals surface area contributed by atoms with Crippen LogP contribution in [0.4, 0.5) is 5.69 Å². The number of aromatic carboxylic acids is 1. The van der Waals surface area contributed by atoms with E-state index >= 15 is 0 Å². The molecule has 0 fully saturated rings. The van der Waals surface area contributed by atoms with Crippen LogP contribution in [0.3, 0.4) is 0 Å². The predicted octanol–water partition coefficient (Wildman–Crippen LogP) is 1.81. The Morgan fingerprint density at radius 1 is 1.29 bits per heavy atom. The maximum atomic E-state index is 12.2. The predicted molar refractivity (Wildman–Crippen MR) is 81.6 cm³/mol. The largest absolute Gasteiger partial charge is 0.477 e. The summed E-state index contributed by atoms with van der Waals surface area (Å²) < 4.78 is 1.59. The van der Waals surface area contributed by atoms with Crippen molar-refractivity contribution in [1.82, 2.24) is 9.88 Å². The van der Waals surface area contributed by atoms with Gasteiger partial charge in [0.15, 0.2) is 0 Å². The van der Waals surface area contributed by atoms with Crippen molar-refractivity contribution >= 4 is 28.5 Å². The number of anilines is 1. The molecular formula is C15H19N3O3. The van der Waals surface area contributed by atoms with E-state index in [1.165, 1.54) is 0 Å². The van der Waals surface area contributed by atoms with Gasteiger partial charge in [-0.25, -0.2) is 4.79 Å². The van der Waals surface area contributed by atoms with Gasteiger partial charge in [0.25, 0.3) is 0 Å². The van der Waals surface area contributed by atoms with E-state index in [1.54, 1.807) is 50.7 Å². The maximum Gasteiger partial charge on any atom is 0.352 e. The number of amides is 1. The summed E-state index contributed by atoms with van der Waals surface area (Å²) in [6.07, 6.45) is 0. The highest BCUT2D eigenvalue weighted by molar-refractivity contribution is 6.06. The second-order valence-electron chi connectivity index (χ2n) is 5.46. The molecule has 2 aromatic rings. The number of benzene rings is 1. The number of carbonyl (C=O) groups excluding carboxylic acids is 1. The molecule has 6 nitrogen and oxygen atoms in total. The molecule has 112 valence electrons. The molecule has 0 saturated heterocycles. The third-order valence-electron chi connectivity index (χ3n) is 3.75. The minimum Gasteiger partial charge on any atom is -0.477 e. The molecule has 0 aliphatic carbocycles. The Kier molecular flexibility index (Phi) is 3.74. The van der Waals surface area contributed by atoms with Crippen LogP contribution in [0, 0.1) is 0 Å². The number of nitrogens with one attached hydrogen (secondary N) is 2. The minimum absolute atomic E-state index is 0.180. The third kappa shape index (κ3) is 2.62. The summed E-state index contributed by atoms with van der Waals surface area (Å²) >= 11 is 0. The summed E-state index contributed by atoms with van der Waals surface area (Å²) in [5, 5.41) is 15.7. The Balaban J connectivity index is 2.49. The van der Waals surface area contributed by atoms with Gasteiger partial charge >= 0.3 is 5.97 Å². The van der Waals surface area contributed by atoms with Crippen molar-refractivity contribution in [1.29, 1.82) is 0 Å². The molecule has 0 atom stereocenters. The first-order valence-electron chi connectivity index (χ1n) is 6.60. The lowest BCUT2D eigenvalue weighted by atomic mass is 10.0. The van der Waals surface area contributed by atoms with Crippen molar-refractivity contribution in [2.24, 2.45) is 7.05 Å². The Bertz CT molecular complexity index is 716. The highest BCUT2D eigenvalue weighted by atomic mass is 16.4. The number of aryl methyl sites for hydroxylation is 1. The van der Waals surface area contributed by atoms with Crippen molar-refractivity contribution < 1.29 is 14.7 Å². The molecule has 0 unspecified atom stereocenters. The number of aromatic nitrogens is 1. The van der Waals surface area contributed by atoms with Gasteiger partial charge < -0.3 is 20.3 Å². The molecule has 1 amide bonds. The van der Waals surface area contributed by atoms with E-state index in [0.717, 1.165) is 5.52 Å². The monoisotopic (exact) mass is 289 g/mol. The quantitative estimate of drug-likeness (QED) is 0.801. The van der Waals surface area contributed by atoms with Gasteiger partial charge in [-0.3, -0.25) is 4.79 Å². The number of carboxylic acids is 1. The van der Waals surface area contributed by atoms with Crippen LogP contribution < -0.4 is 10.6 Å². The molecule has 0 aliphatic rings. The molecule has 2 rings (SSSR count). The first kappa shape index (κ1) is 15.1. The van der Waals surface area contributed by atoms with E-state index < -0.39 is 11.5 Å². The summed E-state index contributed by atoms with van der Waals surface area (Å²) in [6, 6.07) is 6.94. The highest BCUT2D eigenvalue weighted by Crippen LogP contribution is 2.27. The standard InChI is InChI=1S/C15H19N3O3/c1-15(2,16-3)14(21)17-10-6-5-7-11-9(10)8-12(13(19)20)18(11)4/h5-8,16H,1-4H3,(H,17,21)(H,19,20). The van der Waals surface area contributed by atoms with E-state index in [4.69, 9.17) is 0 Å². The second-order valence-corrected chi connectivity index (χ2v) is 5.46. The number of hydrogen-bond donors (Lipinski definition) is 3. The van der Waals surface area contributed by atoms with E-state index in [2.05, 4.69) is 10.6 Å². The van der Waals surface area contributed by atoms with E-state index in [0.29, 0.717) is 11.1 Å². The topological polar surface area (TPSA) is 83.4 Å². The van der Waals surface area contributed by atoms with Gasteiger partial charge in [0, 0.05) is 12.4 Å². The Morgan fingerprint density at radius 3 is 2.52 bits per heavy atom. The number of carbonyl (C=O) groups is 2. The average molecular weight is 289 g/mol. The van der Waals surface area contributed by atoms with E-state index in [9.17, 15) is 14.7 Å². The lowest BCUT2D eigenvalue weighted by Crippen LogP contribution is -2.47. The third-order valence-corrected chi connectivity index (χ3v) is 3.75. The molecule has 21 heavy (non-hydrogen) atoms. The number of nitrogens with zero attached hydrogens (tertiary/aromatic N) is 1. The molecule has 0 aliphatic heterocycles. The molecule has 0 radical (unpaired) electrons. The number of likely N-dealkylation sites (N-methyl/N-ethyl adjacent to an activating group) is 1. The summed E-state index contributed by atoms with van der Waals surface area (Å²) in [5.41, 5.74) is 0.822. The van der Waals surface area contributed by atoms with Gasteiger partial charge in [0.05, 0.1) is 16.7 Å². The van der Waals surface area contributed by atoms with Crippen LogP contribution in [0.25, 0.3) is 10.9 Å². The fourth-order valence-corrected chi connectivity index (χ4v) is 2.07. The van der Waals surface area contributed by atoms with Crippen LogP contribution in [0.15, 0.2) is 24.3 Å². The fraction of sp³-hybridized carbons (Fsp3) is 0.333. The van der Waals surface area contributed by atoms with Crippen LogP contribution in [0.5, 0.6) is 0 Å². The molecular weight excluding hydrogens is 270 g/mol. The van der Waals surface area contributed by atoms with Crippen molar-refractivity contribution in [3.63, 3.8) is 0 Å². The van der Waals surface area contributed by atoms with Crippen molar-refractivity contribution in [3.05, 3.63) is 30.0 Å². The van der Waals surface area contributed by atoms with Gasteiger partial charge in [-0.05, 0) is 39.1 Å². The van der Waals surface area contributed by atoms with E-state index in [-0.39, 0.29) is 11.6 Å². The molecule has 0 spiro atoms. The Morgan fingerprint density at radius 2 is 1.95 bits per heavy atom. The molecule has 6 heteroatoms. The average Bonchev–Trinajstić information content (AvgIpc) is 2.77. The summed E-state index contributed by atoms with van der Waals surface area (Å²) in [4.78, 5) is 23.5.